The van der Waals surface area contributed by atoms with Crippen LogP contribution >= 0.6 is 0 Å². The van der Waals surface area contributed by atoms with Crippen LogP contribution in [0.5, 0.6) is 0 Å². The van der Waals surface area contributed by atoms with Crippen molar-refractivity contribution < 1.29 is 29.0 Å². The van der Waals surface area contributed by atoms with Crippen molar-refractivity contribution in [2.75, 3.05) is 26.3 Å². The molecule has 0 aromatic carbocycles. The summed E-state index contributed by atoms with van der Waals surface area (Å²) in [7, 11) is 0. The Kier molecular flexibility index (Phi) is 5.72. The Morgan fingerprint density at radius 3 is 2.61 bits per heavy atom. The molecule has 4 aliphatic rings. The fourth-order valence-corrected chi connectivity index (χ4v) is 5.69. The molecule has 31 heavy (non-hydrogen) atoms. The van der Waals surface area contributed by atoms with Crippen LogP contribution in [0.25, 0.3) is 0 Å². The number of amides is 2. The molecule has 8 heteroatoms. The molecule has 8 nitrogen and oxygen atoms in total. The number of nitrogens with zero attached hydrogens (tertiary/aromatic N) is 2. The number of aliphatic hydroxyl groups is 1. The van der Waals surface area contributed by atoms with Gasteiger partial charge in [0.2, 0.25) is 11.8 Å². The summed E-state index contributed by atoms with van der Waals surface area (Å²) in [5.41, 5.74) is -2.25. The van der Waals surface area contributed by atoms with Crippen LogP contribution in [0.3, 0.4) is 0 Å². The summed E-state index contributed by atoms with van der Waals surface area (Å²) in [6.45, 7) is 6.60. The van der Waals surface area contributed by atoms with E-state index in [4.69, 9.17) is 9.47 Å². The van der Waals surface area contributed by atoms with E-state index in [2.05, 4.69) is 0 Å². The highest BCUT2D eigenvalue weighted by Crippen LogP contribution is 2.58. The molecule has 2 amide bonds. The van der Waals surface area contributed by atoms with E-state index in [-0.39, 0.29) is 37.6 Å². The maximum Gasteiger partial charge on any atom is 0.313 e. The number of ether oxygens (including phenoxy) is 2. The number of aliphatic hydroxyl groups excluding tert-OH is 1. The Balaban J connectivity index is 1.89. The van der Waals surface area contributed by atoms with Crippen LogP contribution in [0, 0.1) is 11.8 Å². The van der Waals surface area contributed by atoms with E-state index in [1.54, 1.807) is 4.90 Å². The first-order valence-corrected chi connectivity index (χ1v) is 11.3. The largest absolute Gasteiger partial charge is 0.465 e. The van der Waals surface area contributed by atoms with Crippen molar-refractivity contribution in [1.29, 1.82) is 0 Å². The zero-order chi connectivity index (χ0) is 22.4. The Bertz CT molecular complexity index is 823. The third kappa shape index (κ3) is 3.14. The molecule has 1 spiro atoms. The standard InChI is InChI=1S/C23H32N2O6/c1-4-22-9-5-6-14-30-21(29)17(22)16-19(27)25(12-8-13-26)18-20(28)24(15(2)3)11-7-10-23(16,18)31-22/h5,7,9-10,15-18,26H,4,6,8,11-14H2,1-3H3/t16-,17-,18?,22+,23-/m0/s1. The van der Waals surface area contributed by atoms with Crippen molar-refractivity contribution in [3.8, 4) is 0 Å². The number of fused-ring (bicyclic) bond motifs is 2. The second kappa shape index (κ2) is 8.06. The molecular weight excluding hydrogens is 400 g/mol. The van der Waals surface area contributed by atoms with Crippen LogP contribution in [0.4, 0.5) is 0 Å². The fourth-order valence-electron chi connectivity index (χ4n) is 5.69. The minimum atomic E-state index is -1.25. The first-order chi connectivity index (χ1) is 14.8. The van der Waals surface area contributed by atoms with Gasteiger partial charge in [-0.25, -0.2) is 0 Å². The van der Waals surface area contributed by atoms with E-state index in [1.807, 2.05) is 45.1 Å². The molecule has 170 valence electrons. The zero-order valence-electron chi connectivity index (χ0n) is 18.5. The highest BCUT2D eigenvalue weighted by molar-refractivity contribution is 5.99. The maximum absolute atomic E-state index is 13.8. The van der Waals surface area contributed by atoms with Crippen molar-refractivity contribution in [2.45, 2.75) is 63.3 Å². The summed E-state index contributed by atoms with van der Waals surface area (Å²) in [6.07, 6.45) is 8.96. The molecule has 0 radical (unpaired) electrons. The Hall–Kier alpha value is -2.19. The van der Waals surface area contributed by atoms with E-state index < -0.39 is 35.0 Å². The summed E-state index contributed by atoms with van der Waals surface area (Å²) >= 11 is 0. The van der Waals surface area contributed by atoms with Gasteiger partial charge in [0.15, 0.2) is 0 Å². The summed E-state index contributed by atoms with van der Waals surface area (Å²) in [5.74, 6) is -2.60. The third-order valence-electron chi connectivity index (χ3n) is 7.11. The first kappa shape index (κ1) is 22.0. The number of likely N-dealkylation sites (tertiary alicyclic amines) is 1. The van der Waals surface area contributed by atoms with Crippen LogP contribution in [-0.4, -0.2) is 82.3 Å². The molecule has 0 bridgehead atoms. The average Bonchev–Trinajstić information content (AvgIpc) is 3.07. The molecular formula is C23H32N2O6. The third-order valence-corrected chi connectivity index (χ3v) is 7.11. The molecule has 2 fully saturated rings. The molecule has 4 heterocycles. The Morgan fingerprint density at radius 2 is 1.94 bits per heavy atom. The molecule has 5 atom stereocenters. The molecule has 1 unspecified atom stereocenters. The van der Waals surface area contributed by atoms with Crippen LogP contribution in [0.2, 0.25) is 0 Å². The molecule has 0 saturated carbocycles. The highest BCUT2D eigenvalue weighted by atomic mass is 16.6. The summed E-state index contributed by atoms with van der Waals surface area (Å²) in [4.78, 5) is 43.9. The molecule has 2 saturated heterocycles. The highest BCUT2D eigenvalue weighted by Gasteiger charge is 2.75. The van der Waals surface area contributed by atoms with Gasteiger partial charge < -0.3 is 24.4 Å². The predicted octanol–water partition coefficient (Wildman–Crippen LogP) is 1.04. The van der Waals surface area contributed by atoms with E-state index >= 15 is 0 Å². The molecule has 0 aromatic heterocycles. The molecule has 0 aromatic rings. The van der Waals surface area contributed by atoms with Gasteiger partial charge >= 0.3 is 5.97 Å². The van der Waals surface area contributed by atoms with E-state index in [1.165, 1.54) is 4.90 Å². The van der Waals surface area contributed by atoms with Gasteiger partial charge in [0, 0.05) is 25.7 Å². The van der Waals surface area contributed by atoms with Gasteiger partial charge in [-0.05, 0) is 33.1 Å². The molecule has 4 rings (SSSR count). The van der Waals surface area contributed by atoms with Gasteiger partial charge in [-0.2, -0.15) is 0 Å². The topological polar surface area (TPSA) is 96.4 Å². The normalized spacial score (nSPS) is 37.3. The van der Waals surface area contributed by atoms with Crippen molar-refractivity contribution in [3.05, 3.63) is 24.3 Å². The monoisotopic (exact) mass is 432 g/mol. The van der Waals surface area contributed by atoms with Gasteiger partial charge in [0.05, 0.1) is 12.5 Å². The van der Waals surface area contributed by atoms with Gasteiger partial charge in [0.1, 0.15) is 23.2 Å². The lowest BCUT2D eigenvalue weighted by atomic mass is 9.73. The Morgan fingerprint density at radius 1 is 1.16 bits per heavy atom. The minimum absolute atomic E-state index is 0.0544. The number of hydrogen-bond donors (Lipinski definition) is 1. The van der Waals surface area contributed by atoms with Crippen LogP contribution in [-0.2, 0) is 23.9 Å². The lowest BCUT2D eigenvalue weighted by Gasteiger charge is -2.39. The summed E-state index contributed by atoms with van der Waals surface area (Å²) < 4.78 is 12.2. The number of hydrogen-bond acceptors (Lipinski definition) is 6. The summed E-state index contributed by atoms with van der Waals surface area (Å²) in [5, 5.41) is 9.39. The minimum Gasteiger partial charge on any atom is -0.465 e. The lowest BCUT2D eigenvalue weighted by Crippen LogP contribution is -2.57. The maximum atomic E-state index is 13.8. The molecule has 1 N–H and O–H groups in total. The van der Waals surface area contributed by atoms with E-state index in [0.29, 0.717) is 25.8 Å². The van der Waals surface area contributed by atoms with Crippen molar-refractivity contribution in [3.63, 3.8) is 0 Å². The second-order valence-corrected chi connectivity index (χ2v) is 9.08. The number of rotatable bonds is 5. The van der Waals surface area contributed by atoms with Gasteiger partial charge in [-0.15, -0.1) is 0 Å². The average molecular weight is 433 g/mol. The fraction of sp³-hybridized carbons (Fsp3) is 0.696. The van der Waals surface area contributed by atoms with Crippen LogP contribution < -0.4 is 0 Å². The molecule has 0 aliphatic carbocycles. The quantitative estimate of drug-likeness (QED) is 0.515. The lowest BCUT2D eigenvalue weighted by molar-refractivity contribution is -0.162. The Labute approximate surface area is 182 Å². The van der Waals surface area contributed by atoms with Crippen molar-refractivity contribution in [1.82, 2.24) is 9.80 Å². The van der Waals surface area contributed by atoms with Crippen LogP contribution in [0.1, 0.15) is 40.0 Å². The first-order valence-electron chi connectivity index (χ1n) is 11.3. The zero-order valence-corrected chi connectivity index (χ0v) is 18.5. The predicted molar refractivity (Wildman–Crippen MR) is 112 cm³/mol. The number of carbonyl (C=O) groups is 3. The van der Waals surface area contributed by atoms with Gasteiger partial charge in [0.25, 0.3) is 0 Å². The van der Waals surface area contributed by atoms with Gasteiger partial charge in [-0.3, -0.25) is 14.4 Å². The van der Waals surface area contributed by atoms with Crippen molar-refractivity contribution >= 4 is 17.8 Å². The number of carbonyl (C=O) groups excluding carboxylic acids is 3. The SMILES string of the molecule is CC[C@@]12C=CCCOC(=O)[C@@H]1[C@H]1C(=O)N(CCCO)C3C(=O)N(C(C)C)CC=C[C@@]31O2. The summed E-state index contributed by atoms with van der Waals surface area (Å²) in [6, 6.07) is -0.934. The van der Waals surface area contributed by atoms with Crippen LogP contribution in [0.15, 0.2) is 24.3 Å². The van der Waals surface area contributed by atoms with E-state index in [0.717, 1.165) is 0 Å². The number of cyclic esters (lactones) is 1. The van der Waals surface area contributed by atoms with E-state index in [9.17, 15) is 19.5 Å². The molecule has 4 aliphatic heterocycles. The number of esters is 1. The van der Waals surface area contributed by atoms with Gasteiger partial charge in [-0.1, -0.05) is 31.2 Å². The van der Waals surface area contributed by atoms with Crippen molar-refractivity contribution in [2.24, 2.45) is 11.8 Å². The smallest absolute Gasteiger partial charge is 0.313 e. The second-order valence-electron chi connectivity index (χ2n) is 9.08.